The summed E-state index contributed by atoms with van der Waals surface area (Å²) in [6.45, 7) is 11.6. The van der Waals surface area contributed by atoms with Crippen molar-refractivity contribution in [3.05, 3.63) is 59.8 Å². The monoisotopic (exact) mass is 305 g/mol. The normalized spacial score (nSPS) is 11.9. The summed E-state index contributed by atoms with van der Waals surface area (Å²) in [6.07, 6.45) is 1.88. The van der Waals surface area contributed by atoms with Crippen molar-refractivity contribution in [2.45, 2.75) is 33.5 Å². The fraction of sp³-hybridized carbons (Fsp3) is 0.250. The Labute approximate surface area is 134 Å². The minimum absolute atomic E-state index is 1.08. The summed E-state index contributed by atoms with van der Waals surface area (Å²) in [5.41, 5.74) is 6.48. The van der Waals surface area contributed by atoms with E-state index in [-0.39, 0.29) is 0 Å². The van der Waals surface area contributed by atoms with Crippen LogP contribution in [0.5, 0.6) is 0 Å². The molecule has 0 aliphatic heterocycles. The van der Waals surface area contributed by atoms with Crippen molar-refractivity contribution in [3.8, 4) is 11.1 Å². The summed E-state index contributed by atoms with van der Waals surface area (Å²) in [5, 5.41) is 2.79. The molecule has 0 saturated carbocycles. The summed E-state index contributed by atoms with van der Waals surface area (Å²) in [6, 6.07) is 15.5. The number of aryl methyl sites for hydroxylation is 2. The van der Waals surface area contributed by atoms with E-state index in [1.165, 1.54) is 32.8 Å². The highest BCUT2D eigenvalue weighted by molar-refractivity contribution is 6.90. The number of rotatable bonds is 2. The third kappa shape index (κ3) is 2.59. The van der Waals surface area contributed by atoms with Crippen molar-refractivity contribution in [3.63, 3.8) is 0 Å². The summed E-state index contributed by atoms with van der Waals surface area (Å²) in [4.78, 5) is 4.55. The third-order valence-corrected chi connectivity index (χ3v) is 6.28. The van der Waals surface area contributed by atoms with Gasteiger partial charge in [0.2, 0.25) is 0 Å². The van der Waals surface area contributed by atoms with Crippen LogP contribution in [0.3, 0.4) is 0 Å². The molecule has 0 saturated heterocycles. The molecule has 0 aliphatic rings. The molecule has 1 aromatic heterocycles. The van der Waals surface area contributed by atoms with Gasteiger partial charge in [-0.25, -0.2) is 0 Å². The standard InChI is InChI=1S/C20H23NSi/c1-14-8-9-16(15(2)13-14)20-17-7-6-12-21-18(17)10-11-19(20)22(3,4)5/h6-13H,1-5H3. The van der Waals surface area contributed by atoms with Crippen LogP contribution in [0, 0.1) is 13.8 Å². The highest BCUT2D eigenvalue weighted by Gasteiger charge is 2.23. The van der Waals surface area contributed by atoms with Crippen molar-refractivity contribution in [1.82, 2.24) is 4.98 Å². The zero-order valence-electron chi connectivity index (χ0n) is 14.1. The van der Waals surface area contributed by atoms with Gasteiger partial charge >= 0.3 is 0 Å². The first-order chi connectivity index (χ1) is 10.4. The molecule has 0 fully saturated rings. The molecule has 1 heterocycles. The first-order valence-corrected chi connectivity index (χ1v) is 11.3. The Morgan fingerprint density at radius 3 is 2.36 bits per heavy atom. The van der Waals surface area contributed by atoms with Crippen LogP contribution < -0.4 is 5.19 Å². The predicted molar refractivity (Wildman–Crippen MR) is 99.6 cm³/mol. The molecule has 0 aliphatic carbocycles. The number of hydrogen-bond donors (Lipinski definition) is 0. The van der Waals surface area contributed by atoms with Crippen LogP contribution in [0.4, 0.5) is 0 Å². The molecule has 0 spiro atoms. The maximum absolute atomic E-state index is 4.55. The number of benzene rings is 2. The molecule has 0 unspecified atom stereocenters. The van der Waals surface area contributed by atoms with E-state index < -0.39 is 8.07 Å². The minimum Gasteiger partial charge on any atom is -0.256 e. The van der Waals surface area contributed by atoms with Crippen molar-refractivity contribution < 1.29 is 0 Å². The molecule has 1 nitrogen and oxygen atoms in total. The summed E-state index contributed by atoms with van der Waals surface area (Å²) >= 11 is 0. The Morgan fingerprint density at radius 2 is 1.68 bits per heavy atom. The Bertz CT molecular complexity index is 844. The number of pyridine rings is 1. The first kappa shape index (κ1) is 15.0. The van der Waals surface area contributed by atoms with Crippen molar-refractivity contribution in [2.75, 3.05) is 0 Å². The van der Waals surface area contributed by atoms with E-state index in [4.69, 9.17) is 0 Å². The van der Waals surface area contributed by atoms with Crippen molar-refractivity contribution >= 4 is 24.2 Å². The van der Waals surface area contributed by atoms with Crippen LogP contribution in [-0.4, -0.2) is 13.1 Å². The molecule has 3 aromatic rings. The van der Waals surface area contributed by atoms with Gasteiger partial charge in [-0.2, -0.15) is 0 Å². The SMILES string of the molecule is Cc1ccc(-c2c([Si](C)(C)C)ccc3ncccc23)c(C)c1. The van der Waals surface area contributed by atoms with E-state index in [2.05, 4.69) is 74.9 Å². The second kappa shape index (κ2) is 5.36. The first-order valence-electron chi connectivity index (χ1n) is 7.84. The second-order valence-electron chi connectivity index (χ2n) is 7.13. The quantitative estimate of drug-likeness (QED) is 0.603. The predicted octanol–water partition coefficient (Wildman–Crippen LogP) is 5.06. The van der Waals surface area contributed by atoms with E-state index >= 15 is 0 Å². The lowest BCUT2D eigenvalue weighted by Gasteiger charge is -2.23. The Kier molecular flexibility index (Phi) is 3.65. The molecule has 2 aromatic carbocycles. The van der Waals surface area contributed by atoms with Gasteiger partial charge in [0.15, 0.2) is 0 Å². The number of nitrogens with zero attached hydrogens (tertiary/aromatic N) is 1. The maximum Gasteiger partial charge on any atom is 0.0784 e. The molecule has 0 bridgehead atoms. The summed E-state index contributed by atoms with van der Waals surface area (Å²) < 4.78 is 0. The third-order valence-electron chi connectivity index (χ3n) is 4.24. The zero-order valence-corrected chi connectivity index (χ0v) is 15.1. The van der Waals surface area contributed by atoms with Crippen LogP contribution in [0.15, 0.2) is 48.7 Å². The fourth-order valence-corrected chi connectivity index (χ4v) is 4.76. The maximum atomic E-state index is 4.55. The van der Waals surface area contributed by atoms with Crippen LogP contribution in [0.1, 0.15) is 11.1 Å². The number of hydrogen-bond acceptors (Lipinski definition) is 1. The summed E-state index contributed by atoms with van der Waals surface area (Å²) in [7, 11) is -1.44. The molecule has 0 atom stereocenters. The van der Waals surface area contributed by atoms with E-state index in [9.17, 15) is 0 Å². The second-order valence-corrected chi connectivity index (χ2v) is 12.2. The van der Waals surface area contributed by atoms with Crippen LogP contribution in [0.2, 0.25) is 19.6 Å². The van der Waals surface area contributed by atoms with Gasteiger partial charge < -0.3 is 0 Å². The highest BCUT2D eigenvalue weighted by atomic mass is 28.3. The smallest absolute Gasteiger partial charge is 0.0784 e. The lowest BCUT2D eigenvalue weighted by Crippen LogP contribution is -2.39. The van der Waals surface area contributed by atoms with Gasteiger partial charge in [-0.15, -0.1) is 0 Å². The lowest BCUT2D eigenvalue weighted by atomic mass is 9.95. The van der Waals surface area contributed by atoms with Gasteiger partial charge in [0.25, 0.3) is 0 Å². The van der Waals surface area contributed by atoms with E-state index in [0.29, 0.717) is 0 Å². The number of fused-ring (bicyclic) bond motifs is 1. The van der Waals surface area contributed by atoms with Crippen LogP contribution in [-0.2, 0) is 0 Å². The van der Waals surface area contributed by atoms with Crippen LogP contribution >= 0.6 is 0 Å². The molecule has 2 heteroatoms. The fourth-order valence-electron chi connectivity index (χ4n) is 3.16. The Hall–Kier alpha value is -1.93. The van der Waals surface area contributed by atoms with Gasteiger partial charge in [-0.3, -0.25) is 4.98 Å². The van der Waals surface area contributed by atoms with E-state index in [0.717, 1.165) is 5.52 Å². The Morgan fingerprint density at radius 1 is 0.909 bits per heavy atom. The molecule has 0 amide bonds. The average molecular weight is 305 g/mol. The molecule has 112 valence electrons. The van der Waals surface area contributed by atoms with Gasteiger partial charge in [0.1, 0.15) is 0 Å². The minimum atomic E-state index is -1.44. The highest BCUT2D eigenvalue weighted by Crippen LogP contribution is 2.31. The van der Waals surface area contributed by atoms with E-state index in [1.54, 1.807) is 0 Å². The van der Waals surface area contributed by atoms with Crippen LogP contribution in [0.25, 0.3) is 22.0 Å². The van der Waals surface area contributed by atoms with Gasteiger partial charge in [-0.1, -0.05) is 60.7 Å². The molecule has 22 heavy (non-hydrogen) atoms. The Balaban J connectivity index is 2.43. The largest absolute Gasteiger partial charge is 0.256 e. The molecular weight excluding hydrogens is 282 g/mol. The van der Waals surface area contributed by atoms with Gasteiger partial charge in [-0.05, 0) is 42.7 Å². The molecule has 3 rings (SSSR count). The van der Waals surface area contributed by atoms with Gasteiger partial charge in [0.05, 0.1) is 13.6 Å². The van der Waals surface area contributed by atoms with E-state index in [1.807, 2.05) is 12.3 Å². The zero-order chi connectivity index (χ0) is 15.9. The van der Waals surface area contributed by atoms with Crippen molar-refractivity contribution in [2.24, 2.45) is 0 Å². The molecular formula is C20H23NSi. The lowest BCUT2D eigenvalue weighted by molar-refractivity contribution is 1.38. The van der Waals surface area contributed by atoms with Gasteiger partial charge in [0, 0.05) is 11.6 Å². The number of aromatic nitrogens is 1. The topological polar surface area (TPSA) is 12.9 Å². The average Bonchev–Trinajstić information content (AvgIpc) is 2.45. The molecule has 0 N–H and O–H groups in total. The summed E-state index contributed by atoms with van der Waals surface area (Å²) in [5.74, 6) is 0. The van der Waals surface area contributed by atoms with Crippen molar-refractivity contribution in [1.29, 1.82) is 0 Å². The molecule has 0 radical (unpaired) electrons.